The highest BCUT2D eigenvalue weighted by atomic mass is 35.5. The van der Waals surface area contributed by atoms with Crippen molar-refractivity contribution < 1.29 is 14.3 Å². The molecule has 0 radical (unpaired) electrons. The number of benzene rings is 2. The minimum absolute atomic E-state index is 0.267. The summed E-state index contributed by atoms with van der Waals surface area (Å²) in [5.74, 6) is 0.830. The van der Waals surface area contributed by atoms with Gasteiger partial charge in [-0.2, -0.15) is 0 Å². The molecule has 2 rings (SSSR count). The van der Waals surface area contributed by atoms with Crippen molar-refractivity contribution in [1.29, 1.82) is 0 Å². The Hall–Kier alpha value is -1.91. The van der Waals surface area contributed by atoms with Crippen molar-refractivity contribution in [3.63, 3.8) is 0 Å². The third kappa shape index (κ3) is 4.53. The Labute approximate surface area is 145 Å². The van der Waals surface area contributed by atoms with Crippen LogP contribution in [0.2, 0.25) is 10.0 Å². The monoisotopic (exact) mass is 353 g/mol. The summed E-state index contributed by atoms with van der Waals surface area (Å²) < 4.78 is 11.0. The zero-order valence-electron chi connectivity index (χ0n) is 12.8. The molecule has 4 nitrogen and oxygen atoms in total. The minimum atomic E-state index is -0.652. The lowest BCUT2D eigenvalue weighted by molar-refractivity contribution is -0.122. The third-order valence-corrected chi connectivity index (χ3v) is 3.93. The minimum Gasteiger partial charge on any atom is -0.493 e. The highest BCUT2D eigenvalue weighted by molar-refractivity contribution is 6.42. The van der Waals surface area contributed by atoms with E-state index in [1.165, 1.54) is 0 Å². The van der Waals surface area contributed by atoms with Crippen molar-refractivity contribution in [1.82, 2.24) is 0 Å². The predicted molar refractivity (Wildman–Crippen MR) is 92.8 cm³/mol. The molecule has 0 aliphatic rings. The first-order chi connectivity index (χ1) is 11.0. The number of carbonyl (C=O) groups excluding carboxylic acids is 1. The van der Waals surface area contributed by atoms with Crippen molar-refractivity contribution >= 4 is 34.8 Å². The molecule has 2 aromatic carbocycles. The number of carbonyl (C=O) groups is 1. The van der Waals surface area contributed by atoms with E-state index in [2.05, 4.69) is 5.32 Å². The Kier molecular flexibility index (Phi) is 6.13. The number of hydrogen-bond acceptors (Lipinski definition) is 3. The SMILES string of the molecule is CC[C@H](Oc1ccccc1OC)C(=O)Nc1ccc(Cl)c(Cl)c1. The van der Waals surface area contributed by atoms with Crippen LogP contribution < -0.4 is 14.8 Å². The van der Waals surface area contributed by atoms with Crippen LogP contribution in [0.15, 0.2) is 42.5 Å². The van der Waals surface area contributed by atoms with Crippen molar-refractivity contribution in [3.05, 3.63) is 52.5 Å². The van der Waals surface area contributed by atoms with Gasteiger partial charge in [-0.15, -0.1) is 0 Å². The maximum Gasteiger partial charge on any atom is 0.265 e. The average Bonchev–Trinajstić information content (AvgIpc) is 2.56. The van der Waals surface area contributed by atoms with Gasteiger partial charge in [-0.3, -0.25) is 4.79 Å². The van der Waals surface area contributed by atoms with Gasteiger partial charge in [0.05, 0.1) is 17.2 Å². The average molecular weight is 354 g/mol. The molecule has 23 heavy (non-hydrogen) atoms. The molecule has 0 aromatic heterocycles. The number of anilines is 1. The van der Waals surface area contributed by atoms with Gasteiger partial charge in [0.1, 0.15) is 0 Å². The standard InChI is InChI=1S/C17H17Cl2NO3/c1-3-14(23-16-7-5-4-6-15(16)22-2)17(21)20-11-8-9-12(18)13(19)10-11/h4-10,14H,3H2,1-2H3,(H,20,21)/t14-/m0/s1. The first-order valence-electron chi connectivity index (χ1n) is 7.10. The lowest BCUT2D eigenvalue weighted by Gasteiger charge is -2.19. The topological polar surface area (TPSA) is 47.6 Å². The molecule has 0 saturated heterocycles. The van der Waals surface area contributed by atoms with E-state index < -0.39 is 6.10 Å². The lowest BCUT2D eigenvalue weighted by atomic mass is 10.2. The van der Waals surface area contributed by atoms with Gasteiger partial charge in [-0.1, -0.05) is 42.3 Å². The molecule has 0 fully saturated rings. The van der Waals surface area contributed by atoms with Gasteiger partial charge in [0.2, 0.25) is 0 Å². The molecule has 0 unspecified atom stereocenters. The van der Waals surface area contributed by atoms with Gasteiger partial charge in [-0.05, 0) is 36.8 Å². The molecule has 2 aromatic rings. The van der Waals surface area contributed by atoms with Crippen LogP contribution >= 0.6 is 23.2 Å². The maximum absolute atomic E-state index is 12.4. The van der Waals surface area contributed by atoms with E-state index in [1.54, 1.807) is 37.4 Å². The van der Waals surface area contributed by atoms with Gasteiger partial charge in [0.15, 0.2) is 17.6 Å². The van der Waals surface area contributed by atoms with Crippen LogP contribution in [0.25, 0.3) is 0 Å². The fourth-order valence-corrected chi connectivity index (χ4v) is 2.29. The van der Waals surface area contributed by atoms with E-state index in [9.17, 15) is 4.79 Å². The zero-order valence-corrected chi connectivity index (χ0v) is 14.3. The summed E-state index contributed by atoms with van der Waals surface area (Å²) in [6.45, 7) is 1.87. The number of amides is 1. The molecule has 0 aliphatic heterocycles. The number of hydrogen-bond donors (Lipinski definition) is 1. The summed E-state index contributed by atoms with van der Waals surface area (Å²) in [6, 6.07) is 12.1. The maximum atomic E-state index is 12.4. The number of ether oxygens (including phenoxy) is 2. The second kappa shape index (κ2) is 8.09. The van der Waals surface area contributed by atoms with E-state index in [-0.39, 0.29) is 5.91 Å². The molecule has 122 valence electrons. The number of rotatable bonds is 6. The predicted octanol–water partition coefficient (Wildman–Crippen LogP) is 4.80. The molecule has 0 saturated carbocycles. The van der Waals surface area contributed by atoms with Gasteiger partial charge in [-0.25, -0.2) is 0 Å². The van der Waals surface area contributed by atoms with Crippen molar-refractivity contribution in [2.24, 2.45) is 0 Å². The highest BCUT2D eigenvalue weighted by Gasteiger charge is 2.20. The highest BCUT2D eigenvalue weighted by Crippen LogP contribution is 2.28. The summed E-state index contributed by atoms with van der Waals surface area (Å²) in [6.07, 6.45) is -0.147. The number of para-hydroxylation sites is 2. The molecule has 0 heterocycles. The molecule has 0 bridgehead atoms. The van der Waals surface area contributed by atoms with Gasteiger partial charge < -0.3 is 14.8 Å². The van der Waals surface area contributed by atoms with Crippen molar-refractivity contribution in [2.75, 3.05) is 12.4 Å². The Bertz CT molecular complexity index is 691. The fourth-order valence-electron chi connectivity index (χ4n) is 1.99. The van der Waals surface area contributed by atoms with Crippen LogP contribution in [0.5, 0.6) is 11.5 Å². The summed E-state index contributed by atoms with van der Waals surface area (Å²) in [5.41, 5.74) is 0.562. The van der Waals surface area contributed by atoms with Crippen LogP contribution in [-0.4, -0.2) is 19.1 Å². The van der Waals surface area contributed by atoms with Gasteiger partial charge >= 0.3 is 0 Å². The van der Waals surface area contributed by atoms with Crippen LogP contribution in [0, 0.1) is 0 Å². The molecule has 1 N–H and O–H groups in total. The smallest absolute Gasteiger partial charge is 0.265 e. The molecule has 6 heteroatoms. The van der Waals surface area contributed by atoms with Crippen LogP contribution in [0.1, 0.15) is 13.3 Å². The molecule has 0 aliphatic carbocycles. The number of nitrogens with one attached hydrogen (secondary N) is 1. The molecule has 1 atom stereocenters. The van der Waals surface area contributed by atoms with E-state index in [4.69, 9.17) is 32.7 Å². The van der Waals surface area contributed by atoms with Gasteiger partial charge in [0, 0.05) is 5.69 Å². The first kappa shape index (κ1) is 17.4. The molecule has 0 spiro atoms. The summed E-state index contributed by atoms with van der Waals surface area (Å²) in [4.78, 5) is 12.4. The third-order valence-electron chi connectivity index (χ3n) is 3.19. The van der Waals surface area contributed by atoms with Crippen LogP contribution in [0.4, 0.5) is 5.69 Å². The summed E-state index contributed by atoms with van der Waals surface area (Å²) in [7, 11) is 1.55. The van der Waals surface area contributed by atoms with Gasteiger partial charge in [0.25, 0.3) is 5.91 Å². The molecular formula is C17H17Cl2NO3. The van der Waals surface area contributed by atoms with Crippen molar-refractivity contribution in [2.45, 2.75) is 19.4 Å². The Morgan fingerprint density at radius 2 is 1.83 bits per heavy atom. The van der Waals surface area contributed by atoms with Crippen LogP contribution in [0.3, 0.4) is 0 Å². The second-order valence-corrected chi connectivity index (χ2v) is 5.60. The summed E-state index contributed by atoms with van der Waals surface area (Å²) >= 11 is 11.8. The Morgan fingerprint density at radius 3 is 2.43 bits per heavy atom. The molecular weight excluding hydrogens is 337 g/mol. The Balaban J connectivity index is 2.10. The first-order valence-corrected chi connectivity index (χ1v) is 7.86. The molecule has 1 amide bonds. The van der Waals surface area contributed by atoms with E-state index in [0.29, 0.717) is 33.7 Å². The van der Waals surface area contributed by atoms with E-state index >= 15 is 0 Å². The number of methoxy groups -OCH3 is 1. The lowest BCUT2D eigenvalue weighted by Crippen LogP contribution is -2.32. The normalized spacial score (nSPS) is 11.7. The zero-order chi connectivity index (χ0) is 16.8. The largest absolute Gasteiger partial charge is 0.493 e. The number of halogens is 2. The van der Waals surface area contributed by atoms with E-state index in [0.717, 1.165) is 0 Å². The van der Waals surface area contributed by atoms with Crippen molar-refractivity contribution in [3.8, 4) is 11.5 Å². The van der Waals surface area contributed by atoms with E-state index in [1.807, 2.05) is 19.1 Å². The second-order valence-electron chi connectivity index (χ2n) is 4.78. The Morgan fingerprint density at radius 1 is 1.13 bits per heavy atom. The summed E-state index contributed by atoms with van der Waals surface area (Å²) in [5, 5.41) is 3.58. The fraction of sp³-hybridized carbons (Fsp3) is 0.235. The quantitative estimate of drug-likeness (QED) is 0.811. The van der Waals surface area contributed by atoms with Crippen LogP contribution in [-0.2, 0) is 4.79 Å².